The molecule has 0 aliphatic rings. The van der Waals surface area contributed by atoms with Crippen molar-refractivity contribution in [1.29, 1.82) is 0 Å². The van der Waals surface area contributed by atoms with E-state index in [0.29, 0.717) is 13.1 Å². The SMILES string of the molecule is C[C@@H]([NH2+]CC(=O)NCc1ccccc1)c1ccccc1Cl. The van der Waals surface area contributed by atoms with Crippen LogP contribution in [0.4, 0.5) is 0 Å². The van der Waals surface area contributed by atoms with Gasteiger partial charge < -0.3 is 10.6 Å². The molecule has 0 saturated heterocycles. The Balaban J connectivity index is 1.77. The monoisotopic (exact) mass is 303 g/mol. The Morgan fingerprint density at radius 2 is 1.81 bits per heavy atom. The molecule has 0 bridgehead atoms. The number of quaternary nitrogens is 1. The summed E-state index contributed by atoms with van der Waals surface area (Å²) in [5, 5.41) is 5.65. The van der Waals surface area contributed by atoms with E-state index in [-0.39, 0.29) is 11.9 Å². The van der Waals surface area contributed by atoms with E-state index in [1.54, 1.807) is 0 Å². The molecule has 0 saturated carbocycles. The van der Waals surface area contributed by atoms with Crippen molar-refractivity contribution >= 4 is 17.5 Å². The first kappa shape index (κ1) is 15.5. The maximum absolute atomic E-state index is 11.9. The number of rotatable bonds is 6. The number of carbonyl (C=O) groups is 1. The van der Waals surface area contributed by atoms with Crippen LogP contribution in [0.5, 0.6) is 0 Å². The number of amides is 1. The molecule has 0 aliphatic heterocycles. The van der Waals surface area contributed by atoms with Crippen LogP contribution < -0.4 is 10.6 Å². The van der Waals surface area contributed by atoms with Gasteiger partial charge in [-0.3, -0.25) is 4.79 Å². The highest BCUT2D eigenvalue weighted by Gasteiger charge is 2.13. The molecular weight excluding hydrogens is 284 g/mol. The van der Waals surface area contributed by atoms with Gasteiger partial charge in [-0.1, -0.05) is 60.1 Å². The molecule has 1 amide bonds. The van der Waals surface area contributed by atoms with E-state index in [9.17, 15) is 4.79 Å². The van der Waals surface area contributed by atoms with Crippen molar-refractivity contribution in [2.45, 2.75) is 19.5 Å². The highest BCUT2D eigenvalue weighted by Crippen LogP contribution is 2.19. The lowest BCUT2D eigenvalue weighted by Crippen LogP contribution is -2.87. The van der Waals surface area contributed by atoms with Crippen molar-refractivity contribution in [3.05, 3.63) is 70.7 Å². The second kappa shape index (κ2) is 7.81. The zero-order valence-electron chi connectivity index (χ0n) is 12.1. The largest absolute Gasteiger partial charge is 0.347 e. The summed E-state index contributed by atoms with van der Waals surface area (Å²) < 4.78 is 0. The third-order valence-corrected chi connectivity index (χ3v) is 3.73. The van der Waals surface area contributed by atoms with Crippen molar-refractivity contribution in [2.24, 2.45) is 0 Å². The molecule has 4 heteroatoms. The molecule has 2 aromatic rings. The molecule has 1 atom stereocenters. The minimum Gasteiger partial charge on any atom is -0.347 e. The molecule has 0 radical (unpaired) electrons. The smallest absolute Gasteiger partial charge is 0.275 e. The predicted molar refractivity (Wildman–Crippen MR) is 84.9 cm³/mol. The fourth-order valence-corrected chi connectivity index (χ4v) is 2.43. The van der Waals surface area contributed by atoms with Crippen LogP contribution in [0.15, 0.2) is 54.6 Å². The Labute approximate surface area is 130 Å². The minimum absolute atomic E-state index is 0.0257. The Morgan fingerprint density at radius 1 is 1.14 bits per heavy atom. The van der Waals surface area contributed by atoms with Gasteiger partial charge in [-0.2, -0.15) is 0 Å². The van der Waals surface area contributed by atoms with Crippen LogP contribution in [0.25, 0.3) is 0 Å². The average Bonchev–Trinajstić information content (AvgIpc) is 2.52. The van der Waals surface area contributed by atoms with E-state index in [1.165, 1.54) is 0 Å². The minimum atomic E-state index is 0.0257. The van der Waals surface area contributed by atoms with Gasteiger partial charge in [0.1, 0.15) is 6.04 Å². The van der Waals surface area contributed by atoms with Crippen LogP contribution in [-0.4, -0.2) is 12.5 Å². The lowest BCUT2D eigenvalue weighted by Gasteiger charge is -2.12. The normalized spacial score (nSPS) is 11.9. The summed E-state index contributed by atoms with van der Waals surface area (Å²) in [7, 11) is 0. The van der Waals surface area contributed by atoms with E-state index in [0.717, 1.165) is 16.1 Å². The fraction of sp³-hybridized carbons (Fsp3) is 0.235. The number of nitrogens with two attached hydrogens (primary N) is 1. The van der Waals surface area contributed by atoms with E-state index in [2.05, 4.69) is 5.32 Å². The molecule has 0 unspecified atom stereocenters. The van der Waals surface area contributed by atoms with Gasteiger partial charge >= 0.3 is 0 Å². The summed E-state index contributed by atoms with van der Waals surface area (Å²) in [6, 6.07) is 17.8. The number of benzene rings is 2. The van der Waals surface area contributed by atoms with Gasteiger partial charge in [0.2, 0.25) is 0 Å². The summed E-state index contributed by atoms with van der Waals surface area (Å²) in [4.78, 5) is 11.9. The number of carbonyl (C=O) groups excluding carboxylic acids is 1. The number of hydrogen-bond acceptors (Lipinski definition) is 1. The molecule has 0 spiro atoms. The number of nitrogens with one attached hydrogen (secondary N) is 1. The molecule has 110 valence electrons. The zero-order valence-corrected chi connectivity index (χ0v) is 12.8. The fourth-order valence-electron chi connectivity index (χ4n) is 2.12. The van der Waals surface area contributed by atoms with Crippen LogP contribution in [-0.2, 0) is 11.3 Å². The Kier molecular flexibility index (Phi) is 5.78. The van der Waals surface area contributed by atoms with Gasteiger partial charge in [-0.05, 0) is 18.6 Å². The molecule has 2 rings (SSSR count). The van der Waals surface area contributed by atoms with Crippen molar-refractivity contribution in [2.75, 3.05) is 6.54 Å². The van der Waals surface area contributed by atoms with Crippen LogP contribution in [0.1, 0.15) is 24.1 Å². The molecule has 0 heterocycles. The third kappa shape index (κ3) is 4.88. The predicted octanol–water partition coefficient (Wildman–Crippen LogP) is 2.28. The number of halogens is 1. The Hall–Kier alpha value is -1.84. The molecule has 0 aromatic heterocycles. The van der Waals surface area contributed by atoms with Gasteiger partial charge in [0.25, 0.3) is 5.91 Å². The Morgan fingerprint density at radius 3 is 2.52 bits per heavy atom. The first-order valence-electron chi connectivity index (χ1n) is 7.05. The van der Waals surface area contributed by atoms with Crippen molar-refractivity contribution in [3.8, 4) is 0 Å². The first-order chi connectivity index (χ1) is 10.2. The topological polar surface area (TPSA) is 45.7 Å². The molecule has 0 aliphatic carbocycles. The standard InChI is InChI=1S/C17H19ClN2O/c1-13(15-9-5-6-10-16(15)18)19-12-17(21)20-11-14-7-3-2-4-8-14/h2-10,13,19H,11-12H2,1H3,(H,20,21)/p+1/t13-/m1/s1. The molecule has 0 fully saturated rings. The molecule has 3 nitrogen and oxygen atoms in total. The molecular formula is C17H20ClN2O+. The van der Waals surface area contributed by atoms with Crippen LogP contribution in [0.3, 0.4) is 0 Å². The quantitative estimate of drug-likeness (QED) is 0.845. The summed E-state index contributed by atoms with van der Waals surface area (Å²) >= 11 is 6.16. The average molecular weight is 304 g/mol. The van der Waals surface area contributed by atoms with Crippen molar-refractivity contribution < 1.29 is 10.1 Å². The number of hydrogen-bond donors (Lipinski definition) is 2. The molecule has 3 N–H and O–H groups in total. The summed E-state index contributed by atoms with van der Waals surface area (Å²) in [5.74, 6) is 0.0257. The van der Waals surface area contributed by atoms with E-state index in [1.807, 2.05) is 66.8 Å². The van der Waals surface area contributed by atoms with Gasteiger partial charge in [-0.25, -0.2) is 0 Å². The maximum atomic E-state index is 11.9. The summed E-state index contributed by atoms with van der Waals surface area (Å²) in [6.45, 7) is 3.00. The van der Waals surface area contributed by atoms with Gasteiger partial charge in [0.05, 0.1) is 0 Å². The summed E-state index contributed by atoms with van der Waals surface area (Å²) in [6.07, 6.45) is 0. The lowest BCUT2D eigenvalue weighted by molar-refractivity contribution is -0.682. The molecule has 21 heavy (non-hydrogen) atoms. The highest BCUT2D eigenvalue weighted by molar-refractivity contribution is 6.31. The lowest BCUT2D eigenvalue weighted by atomic mass is 10.1. The van der Waals surface area contributed by atoms with Gasteiger partial charge in [0.15, 0.2) is 6.54 Å². The maximum Gasteiger partial charge on any atom is 0.275 e. The van der Waals surface area contributed by atoms with Crippen molar-refractivity contribution in [1.82, 2.24) is 5.32 Å². The van der Waals surface area contributed by atoms with Crippen LogP contribution >= 0.6 is 11.6 Å². The van der Waals surface area contributed by atoms with Crippen molar-refractivity contribution in [3.63, 3.8) is 0 Å². The second-order valence-corrected chi connectivity index (χ2v) is 5.42. The van der Waals surface area contributed by atoms with E-state index < -0.39 is 0 Å². The van der Waals surface area contributed by atoms with E-state index in [4.69, 9.17) is 11.6 Å². The molecule has 2 aromatic carbocycles. The van der Waals surface area contributed by atoms with Crippen LogP contribution in [0, 0.1) is 0 Å². The van der Waals surface area contributed by atoms with Gasteiger partial charge in [-0.15, -0.1) is 0 Å². The zero-order chi connectivity index (χ0) is 15.1. The van der Waals surface area contributed by atoms with Crippen LogP contribution in [0.2, 0.25) is 5.02 Å². The summed E-state index contributed by atoms with van der Waals surface area (Å²) in [5.41, 5.74) is 2.15. The van der Waals surface area contributed by atoms with Gasteiger partial charge in [0, 0.05) is 17.1 Å². The Bertz CT molecular complexity index is 586. The first-order valence-corrected chi connectivity index (χ1v) is 7.43. The van der Waals surface area contributed by atoms with E-state index >= 15 is 0 Å². The highest BCUT2D eigenvalue weighted by atomic mass is 35.5. The third-order valence-electron chi connectivity index (χ3n) is 3.39. The second-order valence-electron chi connectivity index (χ2n) is 5.01.